The van der Waals surface area contributed by atoms with Crippen molar-refractivity contribution in [3.05, 3.63) is 86.3 Å². The Morgan fingerprint density at radius 2 is 1.55 bits per heavy atom. The van der Waals surface area contributed by atoms with Crippen LogP contribution in [0, 0.1) is 0 Å². The molecule has 0 fully saturated rings. The zero-order valence-electron chi connectivity index (χ0n) is 23.8. The summed E-state index contributed by atoms with van der Waals surface area (Å²) in [4.78, 5) is 14.0. The molecule has 0 spiro atoms. The Hall–Kier alpha value is -3.20. The van der Waals surface area contributed by atoms with Crippen LogP contribution >= 0.6 is 23.2 Å². The molecule has 2 radical (unpaired) electrons. The lowest BCUT2D eigenvalue weighted by Crippen LogP contribution is -2.29. The molecule has 2 aromatic carbocycles. The van der Waals surface area contributed by atoms with Crippen molar-refractivity contribution in [1.29, 1.82) is 0 Å². The number of ketones is 1. The minimum absolute atomic E-state index is 0.00906. The van der Waals surface area contributed by atoms with Crippen LogP contribution < -0.4 is 0 Å². The lowest BCUT2D eigenvalue weighted by molar-refractivity contribution is -0.143. The van der Waals surface area contributed by atoms with E-state index in [4.69, 9.17) is 32.2 Å². The van der Waals surface area contributed by atoms with Crippen LogP contribution in [-0.4, -0.2) is 35.7 Å². The molecule has 44 heavy (non-hydrogen) atoms. The smallest absolute Gasteiger partial charge is 0.405 e. The van der Waals surface area contributed by atoms with E-state index in [2.05, 4.69) is 15.5 Å². The molecule has 7 nitrogen and oxygen atoms in total. The molecular weight excluding hydrogens is 653 g/mol. The molecular formula is C28H24Cl2F6N4O3Si. The van der Waals surface area contributed by atoms with Gasteiger partial charge in [0.15, 0.2) is 16.6 Å². The largest absolute Gasteiger partial charge is 0.416 e. The van der Waals surface area contributed by atoms with Gasteiger partial charge in [0.2, 0.25) is 15.5 Å². The van der Waals surface area contributed by atoms with E-state index in [0.717, 1.165) is 4.68 Å². The number of aromatic nitrogens is 4. The second-order valence-corrected chi connectivity index (χ2v) is 14.0. The topological polar surface area (TPSA) is 83.0 Å². The molecule has 0 amide bonds. The normalized spacial score (nSPS) is 13.0. The van der Waals surface area contributed by atoms with Gasteiger partial charge in [0.05, 0.1) is 28.3 Å². The standard InChI is InChI=1S/C28H24Cl2F6N4O3Si/c1-25(2,3)44-43-26(4,5)23-19(20(38-42-23)17-8-6-7-9-18(17)29)22(41)21-24(30)40(39-37-21)13-14-10-15(27(31,32)33)12-16(11-14)28(34,35)36/h6-12H,13H2,1-5H3. The van der Waals surface area contributed by atoms with Crippen molar-refractivity contribution < 1.29 is 40.1 Å². The number of carbonyl (C=O) groups excluding carboxylic acids is 1. The molecule has 4 aromatic rings. The number of nitrogens with zero attached hydrogens (tertiary/aromatic N) is 4. The van der Waals surface area contributed by atoms with Crippen LogP contribution in [0.25, 0.3) is 11.3 Å². The highest BCUT2D eigenvalue weighted by atomic mass is 35.5. The predicted octanol–water partition coefficient (Wildman–Crippen LogP) is 8.65. The van der Waals surface area contributed by atoms with E-state index >= 15 is 0 Å². The second kappa shape index (κ2) is 12.0. The molecule has 2 aromatic heterocycles. The Kier molecular flexibility index (Phi) is 9.15. The number of benzene rings is 2. The van der Waals surface area contributed by atoms with Crippen molar-refractivity contribution in [2.24, 2.45) is 0 Å². The molecule has 0 aliphatic carbocycles. The number of alkyl halides is 6. The highest BCUT2D eigenvalue weighted by Crippen LogP contribution is 2.40. The Morgan fingerprint density at radius 1 is 0.955 bits per heavy atom. The van der Waals surface area contributed by atoms with E-state index < -0.39 is 57.8 Å². The number of rotatable bonds is 8. The number of halogens is 8. The average Bonchev–Trinajstić information content (AvgIpc) is 3.51. The van der Waals surface area contributed by atoms with E-state index in [1.54, 1.807) is 38.1 Å². The summed E-state index contributed by atoms with van der Waals surface area (Å²) in [7, 11) is -0.0202. The van der Waals surface area contributed by atoms with Crippen molar-refractivity contribution >= 4 is 38.7 Å². The molecule has 0 unspecified atom stereocenters. The molecule has 0 aliphatic rings. The van der Waals surface area contributed by atoms with Crippen molar-refractivity contribution in [3.63, 3.8) is 0 Å². The zero-order chi connectivity index (χ0) is 32.8. The summed E-state index contributed by atoms with van der Waals surface area (Å²) in [5.74, 6) is -0.810. The van der Waals surface area contributed by atoms with Gasteiger partial charge in [-0.25, -0.2) is 4.68 Å². The number of carbonyl (C=O) groups is 1. The van der Waals surface area contributed by atoms with E-state index in [1.807, 2.05) is 20.8 Å². The third-order valence-corrected chi connectivity index (χ3v) is 8.01. The van der Waals surface area contributed by atoms with E-state index in [9.17, 15) is 31.1 Å². The van der Waals surface area contributed by atoms with Crippen molar-refractivity contribution in [2.45, 2.75) is 64.2 Å². The SMILES string of the molecule is CC(C)(C)[Si]OC(C)(C)c1onc(-c2ccccc2Cl)c1C(=O)c1nnn(Cc2cc(C(F)(F)F)cc(C(F)(F)F)c2)c1Cl. The van der Waals surface area contributed by atoms with Crippen molar-refractivity contribution in [2.75, 3.05) is 0 Å². The van der Waals surface area contributed by atoms with Crippen LogP contribution in [0.1, 0.15) is 73.1 Å². The van der Waals surface area contributed by atoms with E-state index in [1.165, 1.54) is 0 Å². The van der Waals surface area contributed by atoms with Gasteiger partial charge in [-0.1, -0.05) is 72.5 Å². The van der Waals surface area contributed by atoms with E-state index in [-0.39, 0.29) is 42.9 Å². The third-order valence-electron chi connectivity index (χ3n) is 6.08. The summed E-state index contributed by atoms with van der Waals surface area (Å²) >= 11 is 12.8. The van der Waals surface area contributed by atoms with Gasteiger partial charge in [-0.2, -0.15) is 26.3 Å². The van der Waals surface area contributed by atoms with Gasteiger partial charge in [0, 0.05) is 5.56 Å². The van der Waals surface area contributed by atoms with Crippen LogP contribution in [-0.2, 0) is 28.9 Å². The quantitative estimate of drug-likeness (QED) is 0.106. The Balaban J connectivity index is 1.80. The molecule has 0 atom stereocenters. The average molecular weight is 678 g/mol. The summed E-state index contributed by atoms with van der Waals surface area (Å²) in [6.07, 6.45) is -10.1. The first-order valence-corrected chi connectivity index (χ1v) is 14.5. The maximum Gasteiger partial charge on any atom is 0.416 e. The van der Waals surface area contributed by atoms with Crippen LogP contribution in [0.5, 0.6) is 0 Å². The summed E-state index contributed by atoms with van der Waals surface area (Å²) < 4.78 is 92.8. The maximum atomic E-state index is 14.0. The molecule has 0 aliphatic heterocycles. The van der Waals surface area contributed by atoms with Crippen LogP contribution in [0.15, 0.2) is 47.0 Å². The van der Waals surface area contributed by atoms with Crippen molar-refractivity contribution in [3.8, 4) is 11.3 Å². The number of hydrogen-bond acceptors (Lipinski definition) is 6. The van der Waals surface area contributed by atoms with Gasteiger partial charge >= 0.3 is 12.4 Å². The van der Waals surface area contributed by atoms with Gasteiger partial charge in [-0.05, 0) is 48.7 Å². The highest BCUT2D eigenvalue weighted by Gasteiger charge is 2.40. The molecule has 0 N–H and O–H groups in total. The third kappa shape index (κ3) is 7.36. The highest BCUT2D eigenvalue weighted by molar-refractivity contribution is 6.35. The summed E-state index contributed by atoms with van der Waals surface area (Å²) in [6, 6.07) is 7.61. The second-order valence-electron chi connectivity index (χ2n) is 11.3. The molecule has 0 saturated heterocycles. The summed E-state index contributed by atoms with van der Waals surface area (Å²) in [5, 5.41) is 11.3. The fraction of sp³-hybridized carbons (Fsp3) is 0.357. The van der Waals surface area contributed by atoms with Gasteiger partial charge in [-0.15, -0.1) is 5.10 Å². The fourth-order valence-electron chi connectivity index (χ4n) is 4.02. The molecule has 4 rings (SSSR count). The molecule has 0 bridgehead atoms. The Bertz CT molecular complexity index is 1660. The van der Waals surface area contributed by atoms with Gasteiger partial charge in [0.25, 0.3) is 0 Å². The van der Waals surface area contributed by atoms with Crippen LogP contribution in [0.3, 0.4) is 0 Å². The lowest BCUT2D eigenvalue weighted by atomic mass is 9.94. The Morgan fingerprint density at radius 3 is 2.09 bits per heavy atom. The minimum Gasteiger partial charge on any atom is -0.405 e. The van der Waals surface area contributed by atoms with Gasteiger partial charge < -0.3 is 8.95 Å². The number of hydrogen-bond donors (Lipinski definition) is 0. The van der Waals surface area contributed by atoms with Gasteiger partial charge in [-0.3, -0.25) is 4.79 Å². The molecule has 2 heterocycles. The molecule has 16 heteroatoms. The van der Waals surface area contributed by atoms with Crippen LogP contribution in [0.4, 0.5) is 26.3 Å². The first kappa shape index (κ1) is 33.7. The van der Waals surface area contributed by atoms with E-state index in [0.29, 0.717) is 17.7 Å². The first-order chi connectivity index (χ1) is 20.2. The lowest BCUT2D eigenvalue weighted by Gasteiger charge is -2.27. The minimum atomic E-state index is -5.05. The summed E-state index contributed by atoms with van der Waals surface area (Å²) in [6.45, 7) is 8.57. The van der Waals surface area contributed by atoms with Gasteiger partial charge in [0.1, 0.15) is 11.3 Å². The first-order valence-electron chi connectivity index (χ1n) is 12.8. The summed E-state index contributed by atoms with van der Waals surface area (Å²) in [5.41, 5.74) is -4.79. The fourth-order valence-corrected chi connectivity index (χ4v) is 5.12. The molecule has 0 saturated carbocycles. The predicted molar refractivity (Wildman–Crippen MR) is 151 cm³/mol. The van der Waals surface area contributed by atoms with Crippen molar-refractivity contribution in [1.82, 2.24) is 20.2 Å². The van der Waals surface area contributed by atoms with Crippen LogP contribution in [0.2, 0.25) is 15.2 Å². The Labute approximate surface area is 260 Å². The molecule has 234 valence electrons. The monoisotopic (exact) mass is 676 g/mol. The zero-order valence-corrected chi connectivity index (χ0v) is 26.3. The maximum absolute atomic E-state index is 14.0.